The van der Waals surface area contributed by atoms with Crippen molar-refractivity contribution in [3.8, 4) is 10.6 Å². The molecule has 5 nitrogen and oxygen atoms in total. The number of ether oxygens (including phenoxy) is 1. The number of anilines is 1. The third-order valence-corrected chi connectivity index (χ3v) is 8.11. The van der Waals surface area contributed by atoms with Gasteiger partial charge in [-0.2, -0.15) is 0 Å². The molecule has 35 heavy (non-hydrogen) atoms. The van der Waals surface area contributed by atoms with Crippen LogP contribution in [0.3, 0.4) is 0 Å². The highest BCUT2D eigenvalue weighted by atomic mass is 32.1. The molecule has 0 unspecified atom stereocenters. The van der Waals surface area contributed by atoms with Gasteiger partial charge in [-0.25, -0.2) is 14.4 Å². The van der Waals surface area contributed by atoms with E-state index in [1.165, 1.54) is 24.0 Å². The van der Waals surface area contributed by atoms with Crippen molar-refractivity contribution >= 4 is 33.3 Å². The standard InChI is InChI=1S/C28H26FN3O2S/c1-34-25(33)13-16-32(19-7-8-19)20-9-10-21(22(29)17-20)26-30-23-11-12-24(31-27(23)35-26)28(14-15-28)18-5-3-2-4-6-18/h2-6,9-12,17,19H,7-8,13-16H2,1H3. The topological polar surface area (TPSA) is 55.3 Å². The van der Waals surface area contributed by atoms with Crippen molar-refractivity contribution in [2.75, 3.05) is 18.6 Å². The van der Waals surface area contributed by atoms with Gasteiger partial charge in [-0.3, -0.25) is 4.79 Å². The summed E-state index contributed by atoms with van der Waals surface area (Å²) in [5.74, 6) is -0.567. The van der Waals surface area contributed by atoms with Crippen LogP contribution in [0.2, 0.25) is 0 Å². The van der Waals surface area contributed by atoms with Gasteiger partial charge in [0.1, 0.15) is 21.2 Å². The molecular weight excluding hydrogens is 461 g/mol. The second kappa shape index (κ2) is 8.72. The molecule has 0 radical (unpaired) electrons. The minimum atomic E-state index is -0.312. The largest absolute Gasteiger partial charge is 0.469 e. The molecule has 178 valence electrons. The first-order valence-electron chi connectivity index (χ1n) is 12.0. The molecule has 0 N–H and O–H groups in total. The van der Waals surface area contributed by atoms with Crippen molar-refractivity contribution < 1.29 is 13.9 Å². The molecule has 0 atom stereocenters. The number of carbonyl (C=O) groups is 1. The molecule has 2 aromatic carbocycles. The van der Waals surface area contributed by atoms with E-state index in [9.17, 15) is 4.79 Å². The smallest absolute Gasteiger partial charge is 0.307 e. The molecule has 0 bridgehead atoms. The molecular formula is C28H26FN3O2S. The molecule has 7 heteroatoms. The Morgan fingerprint density at radius 2 is 1.91 bits per heavy atom. The van der Waals surface area contributed by atoms with E-state index in [0.717, 1.165) is 47.4 Å². The summed E-state index contributed by atoms with van der Waals surface area (Å²) >= 11 is 1.43. The number of aromatic nitrogens is 2. The summed E-state index contributed by atoms with van der Waals surface area (Å²) in [5.41, 5.74) is 4.41. The number of thiazole rings is 1. The van der Waals surface area contributed by atoms with E-state index in [-0.39, 0.29) is 23.6 Å². The van der Waals surface area contributed by atoms with Crippen molar-refractivity contribution in [2.45, 2.75) is 43.6 Å². The van der Waals surface area contributed by atoms with Gasteiger partial charge in [-0.1, -0.05) is 41.7 Å². The predicted molar refractivity (Wildman–Crippen MR) is 136 cm³/mol. The number of esters is 1. The Balaban J connectivity index is 1.28. The van der Waals surface area contributed by atoms with Gasteiger partial charge >= 0.3 is 5.97 Å². The van der Waals surface area contributed by atoms with E-state index in [1.54, 1.807) is 12.1 Å². The lowest BCUT2D eigenvalue weighted by Crippen LogP contribution is -2.28. The van der Waals surface area contributed by atoms with E-state index < -0.39 is 0 Å². The monoisotopic (exact) mass is 487 g/mol. The first-order valence-corrected chi connectivity index (χ1v) is 12.9. The molecule has 2 aromatic heterocycles. The minimum absolute atomic E-state index is 0.0109. The summed E-state index contributed by atoms with van der Waals surface area (Å²) in [5, 5.41) is 0.630. The van der Waals surface area contributed by atoms with Gasteiger partial charge < -0.3 is 9.64 Å². The molecule has 2 aliphatic carbocycles. The van der Waals surface area contributed by atoms with Crippen LogP contribution < -0.4 is 4.90 Å². The zero-order chi connectivity index (χ0) is 24.0. The van der Waals surface area contributed by atoms with E-state index in [2.05, 4.69) is 35.2 Å². The lowest BCUT2D eigenvalue weighted by molar-refractivity contribution is -0.140. The first kappa shape index (κ1) is 22.2. The van der Waals surface area contributed by atoms with Gasteiger partial charge in [-0.15, -0.1) is 0 Å². The molecule has 0 aliphatic heterocycles. The summed E-state index contributed by atoms with van der Waals surface area (Å²) in [4.78, 5) is 24.2. The van der Waals surface area contributed by atoms with Crippen LogP contribution in [0.25, 0.3) is 20.9 Å². The fraction of sp³-hybridized carbons (Fsp3) is 0.321. The molecule has 4 aromatic rings. The minimum Gasteiger partial charge on any atom is -0.469 e. The lowest BCUT2D eigenvalue weighted by atomic mass is 9.92. The maximum atomic E-state index is 15.3. The summed E-state index contributed by atoms with van der Waals surface area (Å²) in [6.07, 6.45) is 4.57. The normalized spacial score (nSPS) is 16.3. The number of rotatable bonds is 8. The van der Waals surface area contributed by atoms with Gasteiger partial charge in [0.2, 0.25) is 0 Å². The molecule has 2 saturated carbocycles. The van der Waals surface area contributed by atoms with Crippen molar-refractivity contribution in [3.63, 3.8) is 0 Å². The number of nitrogens with zero attached hydrogens (tertiary/aromatic N) is 3. The van der Waals surface area contributed by atoms with Crippen molar-refractivity contribution in [3.05, 3.63) is 77.7 Å². The Bertz CT molecular complexity index is 1400. The number of methoxy groups -OCH3 is 1. The Kier molecular flexibility index (Phi) is 5.52. The summed E-state index contributed by atoms with van der Waals surface area (Å²) in [6, 6.07) is 20.2. The van der Waals surface area contributed by atoms with Gasteiger partial charge in [-0.05, 0) is 61.6 Å². The second-order valence-corrected chi connectivity index (χ2v) is 10.4. The molecule has 2 heterocycles. The lowest BCUT2D eigenvalue weighted by Gasteiger charge is -2.24. The van der Waals surface area contributed by atoms with Crippen LogP contribution in [0.15, 0.2) is 60.7 Å². The average molecular weight is 488 g/mol. The Labute approximate surface area is 207 Å². The maximum Gasteiger partial charge on any atom is 0.307 e. The molecule has 0 saturated heterocycles. The zero-order valence-corrected chi connectivity index (χ0v) is 20.4. The Morgan fingerprint density at radius 1 is 1.11 bits per heavy atom. The third kappa shape index (κ3) is 4.18. The van der Waals surface area contributed by atoms with Gasteiger partial charge in [0.05, 0.1) is 19.2 Å². The van der Waals surface area contributed by atoms with Gasteiger partial charge in [0.25, 0.3) is 0 Å². The van der Waals surface area contributed by atoms with Crippen molar-refractivity contribution in [1.29, 1.82) is 0 Å². The summed E-state index contributed by atoms with van der Waals surface area (Å²) in [7, 11) is 1.39. The van der Waals surface area contributed by atoms with Gasteiger partial charge in [0, 0.05) is 29.3 Å². The van der Waals surface area contributed by atoms with E-state index in [1.807, 2.05) is 18.2 Å². The predicted octanol–water partition coefficient (Wildman–Crippen LogP) is 6.11. The molecule has 6 rings (SSSR count). The quantitative estimate of drug-likeness (QED) is 0.281. The summed E-state index contributed by atoms with van der Waals surface area (Å²) < 4.78 is 20.1. The second-order valence-electron chi connectivity index (χ2n) is 9.40. The number of halogens is 1. The average Bonchev–Trinajstić information content (AvgIpc) is 3.82. The maximum absolute atomic E-state index is 15.3. The highest BCUT2D eigenvalue weighted by Gasteiger charge is 2.47. The number of hydrogen-bond donors (Lipinski definition) is 0. The Morgan fingerprint density at radius 3 is 2.60 bits per heavy atom. The summed E-state index contributed by atoms with van der Waals surface area (Å²) in [6.45, 7) is 0.521. The van der Waals surface area contributed by atoms with Crippen LogP contribution >= 0.6 is 11.3 Å². The van der Waals surface area contributed by atoms with Crippen LogP contribution in [-0.4, -0.2) is 35.6 Å². The molecule has 0 amide bonds. The highest BCUT2D eigenvalue weighted by Crippen LogP contribution is 2.53. The van der Waals surface area contributed by atoms with Gasteiger partial charge in [0.15, 0.2) is 0 Å². The van der Waals surface area contributed by atoms with Crippen molar-refractivity contribution in [1.82, 2.24) is 9.97 Å². The van der Waals surface area contributed by atoms with Crippen molar-refractivity contribution in [2.24, 2.45) is 0 Å². The van der Waals surface area contributed by atoms with Crippen LogP contribution in [0, 0.1) is 5.82 Å². The number of carbonyl (C=O) groups excluding carboxylic acids is 1. The fourth-order valence-electron chi connectivity index (χ4n) is 4.85. The number of hydrogen-bond acceptors (Lipinski definition) is 6. The number of benzene rings is 2. The fourth-order valence-corrected chi connectivity index (χ4v) is 5.82. The third-order valence-electron chi connectivity index (χ3n) is 7.11. The van der Waals surface area contributed by atoms with E-state index in [4.69, 9.17) is 14.7 Å². The van der Waals surface area contributed by atoms with Crippen LogP contribution in [0.5, 0.6) is 0 Å². The number of fused-ring (bicyclic) bond motifs is 1. The van der Waals surface area contributed by atoms with Crippen LogP contribution in [-0.2, 0) is 14.9 Å². The molecule has 2 aliphatic rings. The SMILES string of the molecule is COC(=O)CCN(c1ccc(-c2nc3ccc(C4(c5ccccc5)CC4)nc3s2)c(F)c1)C1CC1. The van der Waals surface area contributed by atoms with E-state index >= 15 is 4.39 Å². The number of pyridine rings is 1. The first-order chi connectivity index (χ1) is 17.1. The van der Waals surface area contributed by atoms with Crippen LogP contribution in [0.1, 0.15) is 43.4 Å². The highest BCUT2D eigenvalue weighted by molar-refractivity contribution is 7.21. The zero-order valence-electron chi connectivity index (χ0n) is 19.5. The van der Waals surface area contributed by atoms with Crippen LogP contribution in [0.4, 0.5) is 10.1 Å². The molecule has 2 fully saturated rings. The Hall–Kier alpha value is -3.32. The van der Waals surface area contributed by atoms with E-state index in [0.29, 0.717) is 23.2 Å². The molecule has 0 spiro atoms.